The Labute approximate surface area is 86.3 Å². The van der Waals surface area contributed by atoms with Crippen molar-refractivity contribution in [1.29, 1.82) is 0 Å². The lowest BCUT2D eigenvalue weighted by atomic mass is 10.4. The molecular formula is C9H14N2O4. The highest BCUT2D eigenvalue weighted by atomic mass is 16.5. The molecule has 6 heteroatoms. The fourth-order valence-corrected chi connectivity index (χ4v) is 1.23. The van der Waals surface area contributed by atoms with Crippen molar-refractivity contribution in [2.75, 3.05) is 13.2 Å². The van der Waals surface area contributed by atoms with Gasteiger partial charge in [-0.2, -0.15) is 0 Å². The van der Waals surface area contributed by atoms with Crippen LogP contribution in [0.1, 0.15) is 5.69 Å². The first-order valence-electron chi connectivity index (χ1n) is 4.51. The van der Waals surface area contributed by atoms with Crippen molar-refractivity contribution in [2.45, 2.75) is 6.92 Å². The van der Waals surface area contributed by atoms with Crippen LogP contribution in [0.3, 0.4) is 0 Å². The number of rotatable bonds is 3. The molecule has 0 bridgehead atoms. The van der Waals surface area contributed by atoms with Gasteiger partial charge in [-0.05, 0) is 6.92 Å². The molecule has 0 unspecified atom stereocenters. The van der Waals surface area contributed by atoms with Gasteiger partial charge in [-0.25, -0.2) is 4.79 Å². The molecule has 15 heavy (non-hydrogen) atoms. The van der Waals surface area contributed by atoms with E-state index in [-0.39, 0.29) is 19.0 Å². The summed E-state index contributed by atoms with van der Waals surface area (Å²) >= 11 is 0. The largest absolute Gasteiger partial charge is 0.484 e. The number of aliphatic hydroxyl groups is 1. The molecule has 1 aromatic heterocycles. The lowest BCUT2D eigenvalue weighted by Crippen LogP contribution is -2.39. The number of nitrogens with zero attached hydrogens (tertiary/aromatic N) is 2. The van der Waals surface area contributed by atoms with Crippen LogP contribution in [0.25, 0.3) is 0 Å². The molecule has 0 aliphatic carbocycles. The third-order valence-electron chi connectivity index (χ3n) is 2.24. The van der Waals surface area contributed by atoms with Crippen LogP contribution in [0.2, 0.25) is 0 Å². The zero-order valence-electron chi connectivity index (χ0n) is 8.98. The van der Waals surface area contributed by atoms with Crippen LogP contribution in [0.5, 0.6) is 5.75 Å². The van der Waals surface area contributed by atoms with Crippen molar-refractivity contribution < 1.29 is 9.84 Å². The second kappa shape index (κ2) is 4.31. The Morgan fingerprint density at radius 1 is 1.27 bits per heavy atom. The Hall–Kier alpha value is -1.56. The fraction of sp³-hybridized carbons (Fsp3) is 0.556. The van der Waals surface area contributed by atoms with Gasteiger partial charge in [0.2, 0.25) is 5.75 Å². The van der Waals surface area contributed by atoms with Gasteiger partial charge in [-0.15, -0.1) is 0 Å². The Balaban J connectivity index is 3.39. The van der Waals surface area contributed by atoms with Gasteiger partial charge in [0.25, 0.3) is 5.56 Å². The maximum Gasteiger partial charge on any atom is 0.330 e. The monoisotopic (exact) mass is 214 g/mol. The van der Waals surface area contributed by atoms with E-state index in [1.165, 1.54) is 11.6 Å². The maximum atomic E-state index is 11.6. The van der Waals surface area contributed by atoms with Crippen molar-refractivity contribution >= 4 is 0 Å². The predicted octanol–water partition coefficient (Wildman–Crippen LogP) is -1.24. The molecule has 1 N–H and O–H groups in total. The molecular weight excluding hydrogens is 200 g/mol. The molecule has 0 aromatic carbocycles. The van der Waals surface area contributed by atoms with Crippen LogP contribution in [0, 0.1) is 6.92 Å². The van der Waals surface area contributed by atoms with E-state index in [9.17, 15) is 9.59 Å². The lowest BCUT2D eigenvalue weighted by Gasteiger charge is -2.11. The van der Waals surface area contributed by atoms with E-state index < -0.39 is 11.2 Å². The third-order valence-corrected chi connectivity index (χ3v) is 2.24. The van der Waals surface area contributed by atoms with Crippen molar-refractivity contribution in [3.63, 3.8) is 0 Å². The van der Waals surface area contributed by atoms with E-state index in [4.69, 9.17) is 9.84 Å². The predicted molar refractivity (Wildman–Crippen MR) is 54.2 cm³/mol. The van der Waals surface area contributed by atoms with E-state index in [1.807, 2.05) is 0 Å². The van der Waals surface area contributed by atoms with E-state index in [2.05, 4.69) is 0 Å². The number of hydrogen-bond acceptors (Lipinski definition) is 4. The average molecular weight is 214 g/mol. The zero-order chi connectivity index (χ0) is 11.6. The van der Waals surface area contributed by atoms with E-state index in [1.54, 1.807) is 14.0 Å². The summed E-state index contributed by atoms with van der Waals surface area (Å²) in [5.74, 6) is 0.105. The van der Waals surface area contributed by atoms with Crippen LogP contribution < -0.4 is 16.0 Å². The highest BCUT2D eigenvalue weighted by molar-refractivity contribution is 5.23. The van der Waals surface area contributed by atoms with Crippen molar-refractivity contribution in [3.05, 3.63) is 26.5 Å². The minimum atomic E-state index is -0.482. The smallest absolute Gasteiger partial charge is 0.330 e. The van der Waals surface area contributed by atoms with E-state index >= 15 is 0 Å². The molecule has 0 aliphatic heterocycles. The summed E-state index contributed by atoms with van der Waals surface area (Å²) in [6.45, 7) is 1.48. The Morgan fingerprint density at radius 2 is 1.87 bits per heavy atom. The number of aliphatic hydroxyl groups excluding tert-OH is 1. The molecule has 1 heterocycles. The van der Waals surface area contributed by atoms with Crippen molar-refractivity contribution in [1.82, 2.24) is 9.13 Å². The summed E-state index contributed by atoms with van der Waals surface area (Å²) in [5, 5.41) is 8.60. The highest BCUT2D eigenvalue weighted by Gasteiger charge is 2.12. The second-order valence-corrected chi connectivity index (χ2v) is 3.19. The van der Waals surface area contributed by atoms with Gasteiger partial charge in [-0.1, -0.05) is 0 Å². The molecule has 0 radical (unpaired) electrons. The van der Waals surface area contributed by atoms with Gasteiger partial charge >= 0.3 is 5.69 Å². The molecule has 0 atom stereocenters. The standard InChI is InChI=1S/C9H14N2O4/c1-6-7(15-5-4-12)8(13)11(3)9(14)10(6)2/h12H,4-5H2,1-3H3. The molecule has 0 saturated carbocycles. The maximum absolute atomic E-state index is 11.6. The summed E-state index contributed by atoms with van der Waals surface area (Å²) in [4.78, 5) is 23.1. The highest BCUT2D eigenvalue weighted by Crippen LogP contribution is 2.07. The molecule has 0 fully saturated rings. The molecule has 1 rings (SSSR count). The molecule has 1 aromatic rings. The zero-order valence-corrected chi connectivity index (χ0v) is 8.98. The molecule has 0 spiro atoms. The first-order chi connectivity index (χ1) is 7.00. The van der Waals surface area contributed by atoms with Gasteiger partial charge in [0.1, 0.15) is 6.61 Å². The summed E-state index contributed by atoms with van der Waals surface area (Å²) in [6.07, 6.45) is 0. The van der Waals surface area contributed by atoms with Gasteiger partial charge in [0.05, 0.1) is 12.3 Å². The van der Waals surface area contributed by atoms with Crippen LogP contribution in [-0.4, -0.2) is 27.5 Å². The molecule has 84 valence electrons. The quantitative estimate of drug-likeness (QED) is 0.683. The first kappa shape index (κ1) is 11.5. The van der Waals surface area contributed by atoms with Crippen LogP contribution in [-0.2, 0) is 14.1 Å². The summed E-state index contributed by atoms with van der Waals surface area (Å²) in [5.41, 5.74) is -0.422. The summed E-state index contributed by atoms with van der Waals surface area (Å²) in [6, 6.07) is 0. The summed E-state index contributed by atoms with van der Waals surface area (Å²) < 4.78 is 7.39. The molecule has 0 aliphatic rings. The van der Waals surface area contributed by atoms with Crippen molar-refractivity contribution in [3.8, 4) is 5.75 Å². The second-order valence-electron chi connectivity index (χ2n) is 3.19. The normalized spacial score (nSPS) is 10.4. The first-order valence-corrected chi connectivity index (χ1v) is 4.51. The Morgan fingerprint density at radius 3 is 2.40 bits per heavy atom. The Bertz CT molecular complexity index is 472. The number of ether oxygens (including phenoxy) is 1. The topological polar surface area (TPSA) is 73.5 Å². The van der Waals surface area contributed by atoms with Gasteiger partial charge in [0, 0.05) is 14.1 Å². The van der Waals surface area contributed by atoms with E-state index in [0.717, 1.165) is 4.57 Å². The molecule has 0 saturated heterocycles. The average Bonchev–Trinajstić information content (AvgIpc) is 2.24. The lowest BCUT2D eigenvalue weighted by molar-refractivity contribution is 0.197. The molecule has 6 nitrogen and oxygen atoms in total. The molecule has 0 amide bonds. The van der Waals surface area contributed by atoms with E-state index in [0.29, 0.717) is 5.69 Å². The summed E-state index contributed by atoms with van der Waals surface area (Å²) in [7, 11) is 2.94. The third kappa shape index (κ3) is 1.94. The van der Waals surface area contributed by atoms with Gasteiger partial charge in [0.15, 0.2) is 0 Å². The number of aromatic nitrogens is 2. The fourth-order valence-electron chi connectivity index (χ4n) is 1.23. The Kier molecular flexibility index (Phi) is 3.31. The van der Waals surface area contributed by atoms with Gasteiger partial charge < -0.3 is 9.84 Å². The minimum absolute atomic E-state index is 0.0360. The van der Waals surface area contributed by atoms with Crippen LogP contribution in [0.15, 0.2) is 9.59 Å². The van der Waals surface area contributed by atoms with Crippen LogP contribution in [0.4, 0.5) is 0 Å². The van der Waals surface area contributed by atoms with Gasteiger partial charge in [-0.3, -0.25) is 13.9 Å². The minimum Gasteiger partial charge on any atom is -0.484 e. The number of hydrogen-bond donors (Lipinski definition) is 1. The van der Waals surface area contributed by atoms with Crippen LogP contribution >= 0.6 is 0 Å². The van der Waals surface area contributed by atoms with Crippen molar-refractivity contribution in [2.24, 2.45) is 14.1 Å². The SMILES string of the molecule is Cc1c(OCCO)c(=O)n(C)c(=O)n1C.